The van der Waals surface area contributed by atoms with Gasteiger partial charge in [-0.25, -0.2) is 0 Å². The van der Waals surface area contributed by atoms with Gasteiger partial charge in [0.2, 0.25) is 0 Å². The van der Waals surface area contributed by atoms with Gasteiger partial charge in [-0.05, 0) is 41.2 Å². The third kappa shape index (κ3) is 3.31. The summed E-state index contributed by atoms with van der Waals surface area (Å²) in [6, 6.07) is 10.5. The SMILES string of the molecule is COc1ccc2c(c1OC(C)=O)-c1cccc3c1C(C2)N(CCO)CC3.Cl. The maximum Gasteiger partial charge on any atom is 0.308 e. The molecule has 0 bridgehead atoms. The van der Waals surface area contributed by atoms with Gasteiger partial charge in [0.25, 0.3) is 0 Å². The lowest BCUT2D eigenvalue weighted by Crippen LogP contribution is -2.40. The van der Waals surface area contributed by atoms with E-state index in [1.807, 2.05) is 6.07 Å². The fourth-order valence-corrected chi connectivity index (χ4v) is 4.36. The van der Waals surface area contributed by atoms with E-state index < -0.39 is 0 Å². The van der Waals surface area contributed by atoms with E-state index in [0.717, 1.165) is 36.1 Å². The number of rotatable bonds is 4. The van der Waals surface area contributed by atoms with Gasteiger partial charge in [0.05, 0.1) is 13.7 Å². The van der Waals surface area contributed by atoms with Crippen molar-refractivity contribution in [3.63, 3.8) is 0 Å². The van der Waals surface area contributed by atoms with E-state index in [0.29, 0.717) is 18.0 Å². The highest BCUT2D eigenvalue weighted by Crippen LogP contribution is 2.50. The zero-order valence-electron chi connectivity index (χ0n) is 15.5. The third-order valence-corrected chi connectivity index (χ3v) is 5.38. The van der Waals surface area contributed by atoms with Crippen molar-refractivity contribution < 1.29 is 19.4 Å². The van der Waals surface area contributed by atoms with Crippen molar-refractivity contribution in [1.82, 2.24) is 4.90 Å². The Morgan fingerprint density at radius 1 is 1.26 bits per heavy atom. The fraction of sp³-hybridized carbons (Fsp3) is 0.381. The molecule has 6 heteroatoms. The lowest BCUT2D eigenvalue weighted by atomic mass is 9.76. The molecule has 0 radical (unpaired) electrons. The molecule has 1 atom stereocenters. The largest absolute Gasteiger partial charge is 0.493 e. The molecule has 1 aliphatic carbocycles. The maximum absolute atomic E-state index is 11.7. The molecule has 1 heterocycles. The second-order valence-electron chi connectivity index (χ2n) is 6.83. The number of aliphatic hydroxyl groups is 1. The molecule has 0 amide bonds. The first-order chi connectivity index (χ1) is 12.6. The van der Waals surface area contributed by atoms with Gasteiger partial charge in [-0.2, -0.15) is 0 Å². The number of esters is 1. The van der Waals surface area contributed by atoms with E-state index in [2.05, 4.69) is 29.2 Å². The number of β-amino-alcohol motifs (C(OH)–C–C–N with tert-alkyl or cyclic N) is 1. The van der Waals surface area contributed by atoms with Crippen LogP contribution in [0.25, 0.3) is 11.1 Å². The molecular formula is C21H24ClNO4. The molecule has 0 aromatic heterocycles. The summed E-state index contributed by atoms with van der Waals surface area (Å²) in [6.45, 7) is 3.18. The van der Waals surface area contributed by atoms with Gasteiger partial charge < -0.3 is 14.6 Å². The first-order valence-corrected chi connectivity index (χ1v) is 8.99. The van der Waals surface area contributed by atoms with Crippen LogP contribution in [0.2, 0.25) is 0 Å². The predicted octanol–water partition coefficient (Wildman–Crippen LogP) is 3.16. The fourth-order valence-electron chi connectivity index (χ4n) is 4.36. The standard InChI is InChI=1S/C21H23NO4.ClH/c1-13(24)26-21-18(25-2)7-6-15-12-17-19-14(8-9-22(17)10-11-23)4-3-5-16(19)20(15)21;/h3-7,17,23H,8-12H2,1-2H3;1H. The molecule has 1 N–H and O–H groups in total. The summed E-state index contributed by atoms with van der Waals surface area (Å²) in [5.41, 5.74) is 5.83. The number of aliphatic hydroxyl groups excluding tert-OH is 1. The van der Waals surface area contributed by atoms with E-state index >= 15 is 0 Å². The Hall–Kier alpha value is -2.08. The molecule has 0 spiro atoms. The molecular weight excluding hydrogens is 366 g/mol. The van der Waals surface area contributed by atoms with Crippen molar-refractivity contribution in [2.24, 2.45) is 0 Å². The van der Waals surface area contributed by atoms with E-state index in [9.17, 15) is 9.90 Å². The topological polar surface area (TPSA) is 59.0 Å². The quantitative estimate of drug-likeness (QED) is 0.643. The molecule has 0 fully saturated rings. The van der Waals surface area contributed by atoms with Crippen LogP contribution in [0.4, 0.5) is 0 Å². The summed E-state index contributed by atoms with van der Waals surface area (Å²) < 4.78 is 11.0. The lowest BCUT2D eigenvalue weighted by Gasteiger charge is -2.41. The van der Waals surface area contributed by atoms with Crippen LogP contribution in [-0.4, -0.2) is 42.8 Å². The van der Waals surface area contributed by atoms with Crippen LogP contribution in [0.1, 0.15) is 29.7 Å². The smallest absolute Gasteiger partial charge is 0.308 e. The van der Waals surface area contributed by atoms with Crippen molar-refractivity contribution in [2.45, 2.75) is 25.8 Å². The van der Waals surface area contributed by atoms with E-state index in [-0.39, 0.29) is 31.0 Å². The van der Waals surface area contributed by atoms with E-state index in [4.69, 9.17) is 9.47 Å². The zero-order chi connectivity index (χ0) is 18.3. The van der Waals surface area contributed by atoms with Gasteiger partial charge in [0.1, 0.15) is 0 Å². The van der Waals surface area contributed by atoms with Crippen molar-refractivity contribution in [3.8, 4) is 22.6 Å². The number of halogens is 1. The molecule has 4 rings (SSSR count). The van der Waals surface area contributed by atoms with Crippen LogP contribution in [0.15, 0.2) is 30.3 Å². The van der Waals surface area contributed by atoms with Gasteiger partial charge in [0.15, 0.2) is 11.5 Å². The minimum atomic E-state index is -0.356. The molecule has 2 aliphatic rings. The van der Waals surface area contributed by atoms with Crippen LogP contribution < -0.4 is 9.47 Å². The molecule has 144 valence electrons. The Labute approximate surface area is 165 Å². The molecule has 2 aromatic carbocycles. The number of benzene rings is 2. The monoisotopic (exact) mass is 389 g/mol. The van der Waals surface area contributed by atoms with Crippen molar-refractivity contribution in [1.29, 1.82) is 0 Å². The molecule has 27 heavy (non-hydrogen) atoms. The number of hydrogen-bond acceptors (Lipinski definition) is 5. The summed E-state index contributed by atoms with van der Waals surface area (Å²) in [7, 11) is 1.59. The number of methoxy groups -OCH3 is 1. The van der Waals surface area contributed by atoms with Crippen molar-refractivity contribution in [3.05, 3.63) is 47.0 Å². The normalized spacial score (nSPS) is 17.4. The van der Waals surface area contributed by atoms with Gasteiger partial charge in [-0.1, -0.05) is 24.3 Å². The second kappa shape index (κ2) is 7.89. The predicted molar refractivity (Wildman–Crippen MR) is 106 cm³/mol. The first-order valence-electron chi connectivity index (χ1n) is 8.99. The highest BCUT2D eigenvalue weighted by atomic mass is 35.5. The lowest BCUT2D eigenvalue weighted by molar-refractivity contribution is -0.131. The number of nitrogens with zero attached hydrogens (tertiary/aromatic N) is 1. The summed E-state index contributed by atoms with van der Waals surface area (Å²) in [4.78, 5) is 14.1. The third-order valence-electron chi connectivity index (χ3n) is 5.38. The number of ether oxygens (including phenoxy) is 2. The van der Waals surface area contributed by atoms with Crippen LogP contribution in [0, 0.1) is 0 Å². The van der Waals surface area contributed by atoms with Gasteiger partial charge in [0, 0.05) is 31.6 Å². The highest BCUT2D eigenvalue weighted by Gasteiger charge is 2.36. The second-order valence-corrected chi connectivity index (χ2v) is 6.83. The minimum Gasteiger partial charge on any atom is -0.493 e. The Morgan fingerprint density at radius 3 is 2.78 bits per heavy atom. The number of hydrogen-bond donors (Lipinski definition) is 1. The average molecular weight is 390 g/mol. The number of carbonyl (C=O) groups excluding carboxylic acids is 1. The molecule has 2 aromatic rings. The Morgan fingerprint density at radius 2 is 2.07 bits per heavy atom. The highest BCUT2D eigenvalue weighted by molar-refractivity contribution is 5.86. The molecule has 0 saturated heterocycles. The summed E-state index contributed by atoms with van der Waals surface area (Å²) in [5.74, 6) is 0.715. The van der Waals surface area contributed by atoms with Crippen LogP contribution in [0.3, 0.4) is 0 Å². The first kappa shape index (κ1) is 19.7. The zero-order valence-corrected chi connectivity index (χ0v) is 16.3. The Balaban J connectivity index is 0.00000210. The van der Waals surface area contributed by atoms with Gasteiger partial charge >= 0.3 is 5.97 Å². The molecule has 1 unspecified atom stereocenters. The molecule has 5 nitrogen and oxygen atoms in total. The average Bonchev–Trinajstić information content (AvgIpc) is 2.63. The molecule has 0 saturated carbocycles. The number of fused-ring (bicyclic) bond motifs is 2. The van der Waals surface area contributed by atoms with Gasteiger partial charge in [-0.15, -0.1) is 12.4 Å². The molecule has 1 aliphatic heterocycles. The van der Waals surface area contributed by atoms with Crippen LogP contribution in [0.5, 0.6) is 11.5 Å². The van der Waals surface area contributed by atoms with Crippen molar-refractivity contribution >= 4 is 18.4 Å². The Bertz CT molecular complexity index is 868. The van der Waals surface area contributed by atoms with Crippen LogP contribution >= 0.6 is 12.4 Å². The number of carbonyl (C=O) groups is 1. The summed E-state index contributed by atoms with van der Waals surface area (Å²) in [5, 5.41) is 9.46. The Kier molecular flexibility index (Phi) is 5.75. The van der Waals surface area contributed by atoms with Gasteiger partial charge in [-0.3, -0.25) is 9.69 Å². The van der Waals surface area contributed by atoms with Crippen LogP contribution in [-0.2, 0) is 17.6 Å². The van der Waals surface area contributed by atoms with Crippen molar-refractivity contribution in [2.75, 3.05) is 26.8 Å². The minimum absolute atomic E-state index is 0. The summed E-state index contributed by atoms with van der Waals surface area (Å²) >= 11 is 0. The van der Waals surface area contributed by atoms with E-state index in [1.165, 1.54) is 18.1 Å². The maximum atomic E-state index is 11.7. The van der Waals surface area contributed by atoms with E-state index in [1.54, 1.807) is 7.11 Å². The summed E-state index contributed by atoms with van der Waals surface area (Å²) in [6.07, 6.45) is 1.79.